The van der Waals surface area contributed by atoms with E-state index in [2.05, 4.69) is 13.8 Å². The van der Waals surface area contributed by atoms with Gasteiger partial charge in [0, 0.05) is 30.7 Å². The molecule has 0 aromatic rings. The Hall–Kier alpha value is -0.260. The zero-order valence-corrected chi connectivity index (χ0v) is 10.4. The molecule has 5 heteroatoms. The molecule has 1 rings (SSSR count). The summed E-state index contributed by atoms with van der Waals surface area (Å²) in [7, 11) is 1.56. The fourth-order valence-electron chi connectivity index (χ4n) is 1.71. The van der Waals surface area contributed by atoms with Gasteiger partial charge in [-0.1, -0.05) is 6.92 Å². The number of amides is 1. The largest absolute Gasteiger partial charge is 0.383 e. The van der Waals surface area contributed by atoms with Gasteiger partial charge in [0.1, 0.15) is 6.04 Å². The molecule has 0 aromatic carbocycles. The summed E-state index contributed by atoms with van der Waals surface area (Å²) in [5.74, 6) is 1.01. The van der Waals surface area contributed by atoms with Crippen LogP contribution in [0.15, 0.2) is 0 Å². The molecule has 0 bridgehead atoms. The van der Waals surface area contributed by atoms with Crippen molar-refractivity contribution >= 4 is 17.7 Å². The number of ether oxygens (including phenoxy) is 1. The SMILES string of the molecule is COCC(N)C(=O)N1CCSC(C)C1C. The molecular weight excluding hydrogens is 212 g/mol. The van der Waals surface area contributed by atoms with Crippen LogP contribution in [0.25, 0.3) is 0 Å². The van der Waals surface area contributed by atoms with Crippen LogP contribution in [-0.4, -0.2) is 54.2 Å². The van der Waals surface area contributed by atoms with Gasteiger partial charge in [0.15, 0.2) is 0 Å². The Kier molecular flexibility index (Phi) is 4.89. The Morgan fingerprint density at radius 3 is 2.93 bits per heavy atom. The lowest BCUT2D eigenvalue weighted by Crippen LogP contribution is -2.54. The summed E-state index contributed by atoms with van der Waals surface area (Å²) in [6.45, 7) is 5.32. The van der Waals surface area contributed by atoms with Gasteiger partial charge in [-0.05, 0) is 6.92 Å². The minimum Gasteiger partial charge on any atom is -0.383 e. The van der Waals surface area contributed by atoms with E-state index >= 15 is 0 Å². The normalized spacial score (nSPS) is 28.9. The van der Waals surface area contributed by atoms with Crippen molar-refractivity contribution in [2.75, 3.05) is 26.0 Å². The van der Waals surface area contributed by atoms with E-state index < -0.39 is 6.04 Å². The Morgan fingerprint density at radius 2 is 2.33 bits per heavy atom. The third-order valence-corrected chi connectivity index (χ3v) is 4.17. The number of hydrogen-bond acceptors (Lipinski definition) is 4. The number of carbonyl (C=O) groups is 1. The molecule has 0 aliphatic carbocycles. The molecule has 1 amide bonds. The quantitative estimate of drug-likeness (QED) is 0.761. The van der Waals surface area contributed by atoms with E-state index in [9.17, 15) is 4.79 Å². The van der Waals surface area contributed by atoms with Crippen molar-refractivity contribution in [2.24, 2.45) is 5.73 Å². The summed E-state index contributed by atoms with van der Waals surface area (Å²) < 4.78 is 4.90. The highest BCUT2D eigenvalue weighted by Gasteiger charge is 2.31. The second-order valence-electron chi connectivity index (χ2n) is 3.91. The summed E-state index contributed by atoms with van der Waals surface area (Å²) >= 11 is 1.91. The van der Waals surface area contributed by atoms with Gasteiger partial charge in [-0.15, -0.1) is 0 Å². The number of methoxy groups -OCH3 is 1. The lowest BCUT2D eigenvalue weighted by Gasteiger charge is -2.38. The second kappa shape index (κ2) is 5.72. The minimum absolute atomic E-state index is 0.0106. The molecule has 0 spiro atoms. The maximum atomic E-state index is 12.0. The first kappa shape index (κ1) is 12.8. The Balaban J connectivity index is 2.57. The van der Waals surface area contributed by atoms with E-state index in [4.69, 9.17) is 10.5 Å². The smallest absolute Gasteiger partial charge is 0.242 e. The van der Waals surface area contributed by atoms with Crippen molar-refractivity contribution in [3.63, 3.8) is 0 Å². The Morgan fingerprint density at radius 1 is 1.67 bits per heavy atom. The number of nitrogens with zero attached hydrogens (tertiary/aromatic N) is 1. The first-order chi connectivity index (χ1) is 7.07. The second-order valence-corrected chi connectivity index (χ2v) is 5.40. The molecule has 1 saturated heterocycles. The first-order valence-corrected chi connectivity index (χ1v) is 6.29. The van der Waals surface area contributed by atoms with Crippen LogP contribution < -0.4 is 5.73 Å². The zero-order chi connectivity index (χ0) is 11.4. The summed E-state index contributed by atoms with van der Waals surface area (Å²) in [4.78, 5) is 13.8. The fourth-order valence-corrected chi connectivity index (χ4v) is 2.81. The third-order valence-electron chi connectivity index (χ3n) is 2.83. The molecule has 1 heterocycles. The highest BCUT2D eigenvalue weighted by Crippen LogP contribution is 2.24. The Labute approximate surface area is 95.5 Å². The summed E-state index contributed by atoms with van der Waals surface area (Å²) in [5, 5.41) is 0.484. The van der Waals surface area contributed by atoms with Crippen LogP contribution in [0.1, 0.15) is 13.8 Å². The predicted molar refractivity (Wildman–Crippen MR) is 62.9 cm³/mol. The fraction of sp³-hybridized carbons (Fsp3) is 0.900. The van der Waals surface area contributed by atoms with Crippen molar-refractivity contribution in [2.45, 2.75) is 31.2 Å². The lowest BCUT2D eigenvalue weighted by atomic mass is 10.1. The predicted octanol–water partition coefficient (Wildman–Crippen LogP) is 0.313. The van der Waals surface area contributed by atoms with Crippen LogP contribution >= 0.6 is 11.8 Å². The molecule has 3 unspecified atom stereocenters. The summed E-state index contributed by atoms with van der Waals surface area (Å²) in [6, 6.07) is -0.257. The highest BCUT2D eigenvalue weighted by atomic mass is 32.2. The Bertz CT molecular complexity index is 225. The maximum Gasteiger partial charge on any atom is 0.242 e. The van der Waals surface area contributed by atoms with Gasteiger partial charge in [0.2, 0.25) is 5.91 Å². The average Bonchev–Trinajstić information content (AvgIpc) is 2.21. The lowest BCUT2D eigenvalue weighted by molar-refractivity contribution is -0.135. The van der Waals surface area contributed by atoms with Gasteiger partial charge in [0.05, 0.1) is 6.61 Å². The molecule has 1 fully saturated rings. The summed E-state index contributed by atoms with van der Waals surface area (Å²) in [6.07, 6.45) is 0. The molecule has 2 N–H and O–H groups in total. The van der Waals surface area contributed by atoms with Gasteiger partial charge in [-0.25, -0.2) is 0 Å². The van der Waals surface area contributed by atoms with Gasteiger partial charge >= 0.3 is 0 Å². The van der Waals surface area contributed by atoms with Crippen molar-refractivity contribution in [3.05, 3.63) is 0 Å². The molecule has 4 nitrogen and oxygen atoms in total. The van der Waals surface area contributed by atoms with Crippen LogP contribution in [0, 0.1) is 0 Å². The van der Waals surface area contributed by atoms with Gasteiger partial charge < -0.3 is 15.4 Å². The molecule has 3 atom stereocenters. The van der Waals surface area contributed by atoms with E-state index in [1.807, 2.05) is 16.7 Å². The number of thioether (sulfide) groups is 1. The molecule has 1 aliphatic heterocycles. The van der Waals surface area contributed by atoms with E-state index in [0.717, 1.165) is 12.3 Å². The van der Waals surface area contributed by atoms with Crippen molar-refractivity contribution in [1.82, 2.24) is 4.90 Å². The minimum atomic E-state index is -0.521. The third kappa shape index (κ3) is 3.09. The standard InChI is InChI=1S/C10H20N2O2S/c1-7-8(2)15-5-4-12(7)10(13)9(11)6-14-3/h7-9H,4-6,11H2,1-3H3. The van der Waals surface area contributed by atoms with Crippen LogP contribution in [0.2, 0.25) is 0 Å². The van der Waals surface area contributed by atoms with Crippen molar-refractivity contribution in [3.8, 4) is 0 Å². The molecule has 0 aromatic heterocycles. The maximum absolute atomic E-state index is 12.0. The molecule has 0 saturated carbocycles. The highest BCUT2D eigenvalue weighted by molar-refractivity contribution is 8.00. The molecule has 88 valence electrons. The molecule has 1 aliphatic rings. The van der Waals surface area contributed by atoms with Crippen LogP contribution in [0.3, 0.4) is 0 Å². The monoisotopic (exact) mass is 232 g/mol. The topological polar surface area (TPSA) is 55.6 Å². The summed E-state index contributed by atoms with van der Waals surface area (Å²) in [5.41, 5.74) is 5.74. The van der Waals surface area contributed by atoms with Crippen molar-refractivity contribution < 1.29 is 9.53 Å². The number of rotatable bonds is 3. The first-order valence-electron chi connectivity index (χ1n) is 5.24. The average molecular weight is 232 g/mol. The number of nitrogens with two attached hydrogens (primary N) is 1. The van der Waals surface area contributed by atoms with Gasteiger partial charge in [0.25, 0.3) is 0 Å². The van der Waals surface area contributed by atoms with Crippen LogP contribution in [0.5, 0.6) is 0 Å². The van der Waals surface area contributed by atoms with Gasteiger partial charge in [-0.2, -0.15) is 11.8 Å². The molecule has 15 heavy (non-hydrogen) atoms. The molecule has 0 radical (unpaired) electrons. The van der Waals surface area contributed by atoms with Crippen LogP contribution in [0.4, 0.5) is 0 Å². The van der Waals surface area contributed by atoms with E-state index in [1.165, 1.54) is 0 Å². The van der Waals surface area contributed by atoms with E-state index in [0.29, 0.717) is 11.9 Å². The molecular formula is C10H20N2O2S. The zero-order valence-electron chi connectivity index (χ0n) is 9.60. The van der Waals surface area contributed by atoms with Gasteiger partial charge in [-0.3, -0.25) is 4.79 Å². The number of hydrogen-bond donors (Lipinski definition) is 1. The van der Waals surface area contributed by atoms with E-state index in [-0.39, 0.29) is 11.9 Å². The number of carbonyl (C=O) groups excluding carboxylic acids is 1. The van der Waals surface area contributed by atoms with E-state index in [1.54, 1.807) is 7.11 Å². The van der Waals surface area contributed by atoms with Crippen LogP contribution in [-0.2, 0) is 9.53 Å². The van der Waals surface area contributed by atoms with Crippen molar-refractivity contribution in [1.29, 1.82) is 0 Å².